The number of likely N-dealkylation sites (tertiary alicyclic amines) is 1. The van der Waals surface area contributed by atoms with E-state index in [1.54, 1.807) is 17.4 Å². The maximum absolute atomic E-state index is 12.2. The number of hydrogen-bond donors (Lipinski definition) is 1. The molecule has 1 aromatic heterocycles. The minimum absolute atomic E-state index is 0.0457. The van der Waals surface area contributed by atoms with Crippen LogP contribution in [-0.2, 0) is 4.79 Å². The van der Waals surface area contributed by atoms with E-state index in [1.807, 2.05) is 35.4 Å². The van der Waals surface area contributed by atoms with Crippen LogP contribution in [0.15, 0.2) is 23.6 Å². The third-order valence-electron chi connectivity index (χ3n) is 3.37. The highest BCUT2D eigenvalue weighted by Crippen LogP contribution is 2.20. The lowest BCUT2D eigenvalue weighted by Gasteiger charge is -2.37. The minimum Gasteiger partial charge on any atom is -0.335 e. The van der Waals surface area contributed by atoms with E-state index >= 15 is 0 Å². The highest BCUT2D eigenvalue weighted by atomic mass is 32.1. The molecular formula is C14H20N2OS. The Morgan fingerprint density at radius 1 is 1.61 bits per heavy atom. The van der Waals surface area contributed by atoms with Crippen LogP contribution in [0.5, 0.6) is 0 Å². The quantitative estimate of drug-likeness (QED) is 0.853. The van der Waals surface area contributed by atoms with Gasteiger partial charge in [0, 0.05) is 29.6 Å². The number of carbonyl (C=O) groups is 1. The van der Waals surface area contributed by atoms with Gasteiger partial charge in [-0.25, -0.2) is 0 Å². The highest BCUT2D eigenvalue weighted by molar-refractivity contribution is 7.10. The first kappa shape index (κ1) is 13.3. The van der Waals surface area contributed by atoms with Crippen molar-refractivity contribution in [1.82, 2.24) is 4.90 Å². The van der Waals surface area contributed by atoms with Crippen LogP contribution in [0.3, 0.4) is 0 Å². The molecule has 0 aromatic carbocycles. The Kier molecular flexibility index (Phi) is 4.55. The van der Waals surface area contributed by atoms with Crippen molar-refractivity contribution in [1.29, 1.82) is 0 Å². The van der Waals surface area contributed by atoms with Gasteiger partial charge in [0.2, 0.25) is 5.91 Å². The second-order valence-electron chi connectivity index (χ2n) is 4.80. The molecule has 0 bridgehead atoms. The van der Waals surface area contributed by atoms with Crippen molar-refractivity contribution in [2.45, 2.75) is 38.3 Å². The number of nitrogens with zero attached hydrogens (tertiary/aromatic N) is 1. The van der Waals surface area contributed by atoms with E-state index in [0.29, 0.717) is 0 Å². The fraction of sp³-hybridized carbons (Fsp3) is 0.500. The lowest BCUT2D eigenvalue weighted by atomic mass is 9.97. The number of rotatable bonds is 3. The summed E-state index contributed by atoms with van der Waals surface area (Å²) in [5.74, 6) is 0.0883. The molecule has 1 aliphatic heterocycles. The van der Waals surface area contributed by atoms with Gasteiger partial charge in [0.15, 0.2) is 0 Å². The Hall–Kier alpha value is -1.13. The summed E-state index contributed by atoms with van der Waals surface area (Å²) in [6, 6.07) is 4.23. The zero-order valence-corrected chi connectivity index (χ0v) is 11.5. The van der Waals surface area contributed by atoms with E-state index in [4.69, 9.17) is 5.73 Å². The van der Waals surface area contributed by atoms with E-state index in [-0.39, 0.29) is 18.0 Å². The van der Waals surface area contributed by atoms with Crippen LogP contribution in [0.2, 0.25) is 0 Å². The van der Waals surface area contributed by atoms with E-state index in [1.165, 1.54) is 6.42 Å². The molecule has 1 saturated heterocycles. The Morgan fingerprint density at radius 2 is 2.44 bits per heavy atom. The predicted octanol–water partition coefficient (Wildman–Crippen LogP) is 2.49. The second kappa shape index (κ2) is 6.16. The Labute approximate surface area is 112 Å². The molecule has 1 fully saturated rings. The summed E-state index contributed by atoms with van der Waals surface area (Å²) in [5, 5.41) is 2.01. The van der Waals surface area contributed by atoms with Crippen molar-refractivity contribution in [2.24, 2.45) is 5.73 Å². The fourth-order valence-corrected chi connectivity index (χ4v) is 3.03. The van der Waals surface area contributed by atoms with E-state index in [0.717, 1.165) is 24.3 Å². The molecule has 2 atom stereocenters. The van der Waals surface area contributed by atoms with Gasteiger partial charge < -0.3 is 10.6 Å². The number of hydrogen-bond acceptors (Lipinski definition) is 3. The van der Waals surface area contributed by atoms with Gasteiger partial charge >= 0.3 is 0 Å². The molecule has 0 saturated carbocycles. The third-order valence-corrected chi connectivity index (χ3v) is 4.21. The van der Waals surface area contributed by atoms with Gasteiger partial charge in [0.25, 0.3) is 0 Å². The normalized spacial score (nSPS) is 22.3. The predicted molar refractivity (Wildman–Crippen MR) is 76.4 cm³/mol. The number of nitrogens with two attached hydrogens (primary N) is 1. The molecule has 2 heterocycles. The molecule has 4 heteroatoms. The first-order valence-corrected chi connectivity index (χ1v) is 7.34. The summed E-state index contributed by atoms with van der Waals surface area (Å²) < 4.78 is 0. The lowest BCUT2D eigenvalue weighted by Crippen LogP contribution is -2.51. The molecule has 1 aromatic rings. The monoisotopic (exact) mass is 264 g/mol. The standard InChI is InChI=1S/C14H20N2OS/c1-11(15)13-6-2-3-9-16(13)14(17)8-7-12-5-4-10-18-12/h4-5,7-8,10-11,13H,2-3,6,9,15H2,1H3. The van der Waals surface area contributed by atoms with Gasteiger partial charge in [-0.3, -0.25) is 4.79 Å². The van der Waals surface area contributed by atoms with Crippen LogP contribution in [-0.4, -0.2) is 29.4 Å². The Morgan fingerprint density at radius 3 is 3.11 bits per heavy atom. The van der Waals surface area contributed by atoms with Gasteiger partial charge in [-0.05, 0) is 43.7 Å². The summed E-state index contributed by atoms with van der Waals surface area (Å²) in [5.41, 5.74) is 5.97. The van der Waals surface area contributed by atoms with Crippen LogP contribution >= 0.6 is 11.3 Å². The first-order chi connectivity index (χ1) is 8.68. The molecule has 0 aliphatic carbocycles. The number of piperidine rings is 1. The largest absolute Gasteiger partial charge is 0.335 e. The molecule has 1 amide bonds. The van der Waals surface area contributed by atoms with Crippen LogP contribution in [0, 0.1) is 0 Å². The van der Waals surface area contributed by atoms with E-state index in [2.05, 4.69) is 0 Å². The number of carbonyl (C=O) groups excluding carboxylic acids is 1. The summed E-state index contributed by atoms with van der Waals surface area (Å²) in [7, 11) is 0. The lowest BCUT2D eigenvalue weighted by molar-refractivity contribution is -0.129. The molecule has 98 valence electrons. The van der Waals surface area contributed by atoms with Gasteiger partial charge in [-0.2, -0.15) is 0 Å². The van der Waals surface area contributed by atoms with Crippen LogP contribution < -0.4 is 5.73 Å². The SMILES string of the molecule is CC(N)C1CCCCN1C(=O)C=Cc1cccs1. The van der Waals surface area contributed by atoms with Crippen molar-refractivity contribution in [3.63, 3.8) is 0 Å². The molecule has 2 rings (SSSR count). The Bertz CT molecular complexity index is 411. The molecule has 18 heavy (non-hydrogen) atoms. The summed E-state index contributed by atoms with van der Waals surface area (Å²) >= 11 is 1.64. The van der Waals surface area contributed by atoms with Crippen molar-refractivity contribution in [3.8, 4) is 0 Å². The van der Waals surface area contributed by atoms with Crippen LogP contribution in [0.4, 0.5) is 0 Å². The molecular weight excluding hydrogens is 244 g/mol. The summed E-state index contributed by atoms with van der Waals surface area (Å²) in [6.07, 6.45) is 6.84. The molecule has 3 nitrogen and oxygen atoms in total. The number of thiophene rings is 1. The first-order valence-electron chi connectivity index (χ1n) is 6.46. The average molecular weight is 264 g/mol. The van der Waals surface area contributed by atoms with Crippen LogP contribution in [0.25, 0.3) is 6.08 Å². The molecule has 0 radical (unpaired) electrons. The van der Waals surface area contributed by atoms with Crippen LogP contribution in [0.1, 0.15) is 31.1 Å². The zero-order chi connectivity index (χ0) is 13.0. The van der Waals surface area contributed by atoms with Gasteiger partial charge in [-0.15, -0.1) is 11.3 Å². The van der Waals surface area contributed by atoms with Gasteiger partial charge in [0.1, 0.15) is 0 Å². The van der Waals surface area contributed by atoms with E-state index < -0.39 is 0 Å². The fourth-order valence-electron chi connectivity index (χ4n) is 2.41. The van der Waals surface area contributed by atoms with Crippen molar-refractivity contribution in [3.05, 3.63) is 28.5 Å². The minimum atomic E-state index is 0.0457. The summed E-state index contributed by atoms with van der Waals surface area (Å²) in [6.45, 7) is 2.82. The molecule has 0 spiro atoms. The maximum Gasteiger partial charge on any atom is 0.246 e. The summed E-state index contributed by atoms with van der Waals surface area (Å²) in [4.78, 5) is 15.2. The average Bonchev–Trinajstić information content (AvgIpc) is 2.89. The third kappa shape index (κ3) is 3.21. The van der Waals surface area contributed by atoms with Gasteiger partial charge in [-0.1, -0.05) is 6.07 Å². The van der Waals surface area contributed by atoms with Crippen molar-refractivity contribution in [2.75, 3.05) is 6.54 Å². The maximum atomic E-state index is 12.2. The smallest absolute Gasteiger partial charge is 0.246 e. The van der Waals surface area contributed by atoms with Gasteiger partial charge in [0.05, 0.1) is 0 Å². The second-order valence-corrected chi connectivity index (χ2v) is 5.78. The van der Waals surface area contributed by atoms with E-state index in [9.17, 15) is 4.79 Å². The molecule has 2 unspecified atom stereocenters. The molecule has 2 N–H and O–H groups in total. The Balaban J connectivity index is 2.02. The topological polar surface area (TPSA) is 46.3 Å². The highest BCUT2D eigenvalue weighted by Gasteiger charge is 2.27. The van der Waals surface area contributed by atoms with Crippen molar-refractivity contribution >= 4 is 23.3 Å². The molecule has 1 aliphatic rings. The zero-order valence-electron chi connectivity index (χ0n) is 10.7. The van der Waals surface area contributed by atoms with Crippen molar-refractivity contribution < 1.29 is 4.79 Å². The number of amides is 1.